The van der Waals surface area contributed by atoms with Gasteiger partial charge in [0, 0.05) is 11.6 Å². The Bertz CT molecular complexity index is 948. The minimum atomic E-state index is -0.102. The average molecular weight is 382 g/mol. The van der Waals surface area contributed by atoms with Crippen LogP contribution in [0.1, 0.15) is 42.5 Å². The standard InChI is InChI=1S/C21H20ClN3O2/c22-18-13-7-6-12-17(18)19-24-21(27-25-19)16-11-5-4-10-15(16)20(26)23-14-8-2-1-3-9-14/h4-7,10-14H,1-3,8-9H2,(H,23,26). The van der Waals surface area contributed by atoms with Gasteiger partial charge in [-0.05, 0) is 37.1 Å². The Morgan fingerprint density at radius 3 is 2.48 bits per heavy atom. The Morgan fingerprint density at radius 1 is 1.00 bits per heavy atom. The van der Waals surface area contributed by atoms with E-state index in [1.807, 2.05) is 36.4 Å². The van der Waals surface area contributed by atoms with Crippen LogP contribution < -0.4 is 5.32 Å². The molecule has 6 heteroatoms. The molecule has 0 aliphatic heterocycles. The number of rotatable bonds is 4. The van der Waals surface area contributed by atoms with E-state index >= 15 is 0 Å². The minimum Gasteiger partial charge on any atom is -0.349 e. The van der Waals surface area contributed by atoms with Crippen LogP contribution in [0.25, 0.3) is 22.8 Å². The van der Waals surface area contributed by atoms with Crippen LogP contribution in [0.15, 0.2) is 53.1 Å². The Morgan fingerprint density at radius 2 is 1.70 bits per heavy atom. The average Bonchev–Trinajstić information content (AvgIpc) is 3.19. The highest BCUT2D eigenvalue weighted by Crippen LogP contribution is 2.29. The molecule has 4 rings (SSSR count). The van der Waals surface area contributed by atoms with Crippen LogP contribution in [-0.2, 0) is 0 Å². The molecule has 1 amide bonds. The molecule has 1 saturated carbocycles. The number of halogens is 1. The molecule has 0 saturated heterocycles. The van der Waals surface area contributed by atoms with Crippen molar-refractivity contribution < 1.29 is 9.32 Å². The molecule has 1 aliphatic rings. The Labute approximate surface area is 162 Å². The summed E-state index contributed by atoms with van der Waals surface area (Å²) in [5, 5.41) is 7.73. The molecule has 0 bridgehead atoms. The number of nitrogens with one attached hydrogen (secondary N) is 1. The zero-order chi connectivity index (χ0) is 18.6. The highest BCUT2D eigenvalue weighted by molar-refractivity contribution is 6.33. The summed E-state index contributed by atoms with van der Waals surface area (Å²) in [5.41, 5.74) is 1.85. The number of nitrogens with zero attached hydrogens (tertiary/aromatic N) is 2. The predicted octanol–water partition coefficient (Wildman–Crippen LogP) is 5.12. The SMILES string of the molecule is O=C(NC1CCCCC1)c1ccccc1-c1nc(-c2ccccc2Cl)no1. The molecular formula is C21H20ClN3O2. The second kappa shape index (κ2) is 7.92. The minimum absolute atomic E-state index is 0.102. The van der Waals surface area contributed by atoms with Crippen molar-refractivity contribution in [3.63, 3.8) is 0 Å². The van der Waals surface area contributed by atoms with Crippen LogP contribution in [0.3, 0.4) is 0 Å². The van der Waals surface area contributed by atoms with E-state index in [4.69, 9.17) is 16.1 Å². The summed E-state index contributed by atoms with van der Waals surface area (Å²) in [7, 11) is 0. The van der Waals surface area contributed by atoms with E-state index in [0.29, 0.717) is 33.4 Å². The smallest absolute Gasteiger partial charge is 0.259 e. The van der Waals surface area contributed by atoms with Crippen molar-refractivity contribution in [3.8, 4) is 22.8 Å². The number of carbonyl (C=O) groups excluding carboxylic acids is 1. The van der Waals surface area contributed by atoms with Crippen molar-refractivity contribution in [2.45, 2.75) is 38.1 Å². The first-order chi connectivity index (χ1) is 13.2. The van der Waals surface area contributed by atoms with Crippen molar-refractivity contribution in [2.24, 2.45) is 0 Å². The van der Waals surface area contributed by atoms with Crippen molar-refractivity contribution in [1.29, 1.82) is 0 Å². The fourth-order valence-electron chi connectivity index (χ4n) is 3.46. The second-order valence-corrected chi connectivity index (χ2v) is 7.16. The molecule has 1 aliphatic carbocycles. The van der Waals surface area contributed by atoms with Crippen LogP contribution in [0, 0.1) is 0 Å². The molecule has 5 nitrogen and oxygen atoms in total. The lowest BCUT2D eigenvalue weighted by molar-refractivity contribution is 0.0928. The topological polar surface area (TPSA) is 68.0 Å². The summed E-state index contributed by atoms with van der Waals surface area (Å²) < 4.78 is 5.44. The predicted molar refractivity (Wildman–Crippen MR) is 105 cm³/mol. The third-order valence-corrected chi connectivity index (χ3v) is 5.21. The van der Waals surface area contributed by atoms with Gasteiger partial charge in [-0.15, -0.1) is 0 Å². The van der Waals surface area contributed by atoms with Crippen molar-refractivity contribution in [3.05, 3.63) is 59.1 Å². The van der Waals surface area contributed by atoms with Gasteiger partial charge in [-0.2, -0.15) is 4.98 Å². The van der Waals surface area contributed by atoms with Crippen LogP contribution in [0.2, 0.25) is 5.02 Å². The van der Waals surface area contributed by atoms with E-state index in [-0.39, 0.29) is 11.9 Å². The molecule has 0 atom stereocenters. The molecule has 0 spiro atoms. The molecule has 1 aromatic heterocycles. The maximum absolute atomic E-state index is 12.8. The summed E-state index contributed by atoms with van der Waals surface area (Å²) in [6, 6.07) is 14.8. The number of amides is 1. The highest BCUT2D eigenvalue weighted by atomic mass is 35.5. The first kappa shape index (κ1) is 17.7. The van der Waals surface area contributed by atoms with Crippen molar-refractivity contribution >= 4 is 17.5 Å². The lowest BCUT2D eigenvalue weighted by Gasteiger charge is -2.23. The Kier molecular flexibility index (Phi) is 5.21. The molecule has 3 aromatic rings. The molecular weight excluding hydrogens is 362 g/mol. The van der Waals surface area contributed by atoms with Gasteiger partial charge >= 0.3 is 0 Å². The Hall–Kier alpha value is -2.66. The van der Waals surface area contributed by atoms with Gasteiger partial charge in [-0.3, -0.25) is 4.79 Å². The molecule has 1 N–H and O–H groups in total. The third kappa shape index (κ3) is 3.88. The van der Waals surface area contributed by atoms with Crippen LogP contribution in [-0.4, -0.2) is 22.1 Å². The lowest BCUT2D eigenvalue weighted by atomic mass is 9.95. The monoisotopic (exact) mass is 381 g/mol. The summed E-state index contributed by atoms with van der Waals surface area (Å²) in [5.74, 6) is 0.604. The molecule has 0 radical (unpaired) electrons. The molecule has 138 valence electrons. The van der Waals surface area contributed by atoms with Crippen molar-refractivity contribution in [1.82, 2.24) is 15.5 Å². The summed E-state index contributed by atoms with van der Waals surface area (Å²) in [6.07, 6.45) is 5.64. The third-order valence-electron chi connectivity index (χ3n) is 4.88. The second-order valence-electron chi connectivity index (χ2n) is 6.76. The molecule has 1 heterocycles. The molecule has 1 fully saturated rings. The lowest BCUT2D eigenvalue weighted by Crippen LogP contribution is -2.36. The van der Waals surface area contributed by atoms with E-state index in [0.717, 1.165) is 25.7 Å². The first-order valence-corrected chi connectivity index (χ1v) is 9.59. The first-order valence-electron chi connectivity index (χ1n) is 9.21. The maximum atomic E-state index is 12.8. The number of carbonyl (C=O) groups is 1. The highest BCUT2D eigenvalue weighted by Gasteiger charge is 2.21. The van der Waals surface area contributed by atoms with Gasteiger partial charge in [-0.25, -0.2) is 0 Å². The van der Waals surface area contributed by atoms with Gasteiger partial charge in [0.2, 0.25) is 5.82 Å². The summed E-state index contributed by atoms with van der Waals surface area (Å²) in [4.78, 5) is 17.3. The molecule has 0 unspecified atom stereocenters. The quantitative estimate of drug-likeness (QED) is 0.681. The number of aromatic nitrogens is 2. The van der Waals surface area contributed by atoms with Gasteiger partial charge < -0.3 is 9.84 Å². The fraction of sp³-hybridized carbons (Fsp3) is 0.286. The van der Waals surface area contributed by atoms with Gasteiger partial charge in [0.1, 0.15) is 0 Å². The normalized spacial score (nSPS) is 14.9. The number of hydrogen-bond acceptors (Lipinski definition) is 4. The van der Waals surface area contributed by atoms with Gasteiger partial charge in [0.05, 0.1) is 16.1 Å². The van der Waals surface area contributed by atoms with E-state index in [1.54, 1.807) is 12.1 Å². The summed E-state index contributed by atoms with van der Waals surface area (Å²) >= 11 is 6.22. The van der Waals surface area contributed by atoms with Gasteiger partial charge in [0.25, 0.3) is 11.8 Å². The zero-order valence-corrected chi connectivity index (χ0v) is 15.6. The van der Waals surface area contributed by atoms with Crippen LogP contribution in [0.5, 0.6) is 0 Å². The van der Waals surface area contributed by atoms with E-state index in [9.17, 15) is 4.79 Å². The zero-order valence-electron chi connectivity index (χ0n) is 14.8. The van der Waals surface area contributed by atoms with Gasteiger partial charge in [-0.1, -0.05) is 60.3 Å². The van der Waals surface area contributed by atoms with E-state index < -0.39 is 0 Å². The fourth-order valence-corrected chi connectivity index (χ4v) is 3.68. The van der Waals surface area contributed by atoms with E-state index in [2.05, 4.69) is 15.5 Å². The number of benzene rings is 2. The largest absolute Gasteiger partial charge is 0.349 e. The maximum Gasteiger partial charge on any atom is 0.259 e. The summed E-state index contributed by atoms with van der Waals surface area (Å²) in [6.45, 7) is 0. The molecule has 2 aromatic carbocycles. The van der Waals surface area contributed by atoms with E-state index in [1.165, 1.54) is 6.42 Å². The van der Waals surface area contributed by atoms with Crippen LogP contribution in [0.4, 0.5) is 0 Å². The Balaban J connectivity index is 1.61. The molecule has 27 heavy (non-hydrogen) atoms. The van der Waals surface area contributed by atoms with Crippen LogP contribution >= 0.6 is 11.6 Å². The number of hydrogen-bond donors (Lipinski definition) is 1. The van der Waals surface area contributed by atoms with Gasteiger partial charge in [0.15, 0.2) is 0 Å². The van der Waals surface area contributed by atoms with Crippen molar-refractivity contribution in [2.75, 3.05) is 0 Å².